The molecule has 2 aliphatic heterocycles. The summed E-state index contributed by atoms with van der Waals surface area (Å²) in [6.45, 7) is 1.32. The molecule has 0 unspecified atom stereocenters. The van der Waals surface area contributed by atoms with Gasteiger partial charge in [-0.15, -0.1) is 11.8 Å². The van der Waals surface area contributed by atoms with Gasteiger partial charge in [0, 0.05) is 18.0 Å². The van der Waals surface area contributed by atoms with Crippen LogP contribution in [0.3, 0.4) is 0 Å². The molecule has 4 nitrogen and oxygen atoms in total. The third-order valence-corrected chi connectivity index (χ3v) is 5.57. The van der Waals surface area contributed by atoms with Crippen molar-refractivity contribution in [2.75, 3.05) is 20.2 Å². The molecule has 0 N–H and O–H groups in total. The molecule has 0 saturated carbocycles. The number of amides is 1. The van der Waals surface area contributed by atoms with Gasteiger partial charge < -0.3 is 9.64 Å². The van der Waals surface area contributed by atoms with Crippen LogP contribution in [0.5, 0.6) is 0 Å². The SMILES string of the molecule is COC(=O)C1CCN(C(=O)[C@H]2Cc3ccccc3S2)CC1. The molecule has 0 bridgehead atoms. The zero-order chi connectivity index (χ0) is 14.8. The molecule has 1 fully saturated rings. The lowest BCUT2D eigenvalue weighted by atomic mass is 9.96. The average molecular weight is 305 g/mol. The summed E-state index contributed by atoms with van der Waals surface area (Å²) in [4.78, 5) is 27.3. The Kier molecular flexibility index (Phi) is 4.19. The molecular formula is C16H19NO3S. The van der Waals surface area contributed by atoms with Crippen LogP contribution in [-0.2, 0) is 20.7 Å². The van der Waals surface area contributed by atoms with Crippen molar-refractivity contribution in [1.29, 1.82) is 0 Å². The second-order valence-corrected chi connectivity index (χ2v) is 6.79. The number of benzene rings is 1. The first-order chi connectivity index (χ1) is 10.2. The monoisotopic (exact) mass is 305 g/mol. The number of esters is 1. The fourth-order valence-electron chi connectivity index (χ4n) is 3.03. The summed E-state index contributed by atoms with van der Waals surface area (Å²) in [5.74, 6) is 0.0109. The Balaban J connectivity index is 1.57. The molecule has 1 atom stereocenters. The highest BCUT2D eigenvalue weighted by atomic mass is 32.2. The molecule has 0 aromatic heterocycles. The molecule has 1 saturated heterocycles. The predicted molar refractivity (Wildman–Crippen MR) is 81.1 cm³/mol. The molecule has 112 valence electrons. The Bertz CT molecular complexity index is 527. The van der Waals surface area contributed by atoms with Crippen LogP contribution in [0, 0.1) is 5.92 Å². The lowest BCUT2D eigenvalue weighted by Gasteiger charge is -2.32. The van der Waals surface area contributed by atoms with E-state index in [2.05, 4.69) is 12.1 Å². The topological polar surface area (TPSA) is 46.6 Å². The van der Waals surface area contributed by atoms with E-state index in [-0.39, 0.29) is 23.0 Å². The number of hydrogen-bond donors (Lipinski definition) is 0. The van der Waals surface area contributed by atoms with Crippen LogP contribution < -0.4 is 0 Å². The van der Waals surface area contributed by atoms with E-state index in [1.807, 2.05) is 17.0 Å². The Labute approximate surface area is 128 Å². The number of rotatable bonds is 2. The number of carbonyl (C=O) groups excluding carboxylic acids is 2. The number of carbonyl (C=O) groups is 2. The normalized spacial score (nSPS) is 22.0. The van der Waals surface area contributed by atoms with Crippen LogP contribution in [0.2, 0.25) is 0 Å². The second-order valence-electron chi connectivity index (χ2n) is 5.54. The average Bonchev–Trinajstić information content (AvgIpc) is 2.97. The highest BCUT2D eigenvalue weighted by Gasteiger charge is 2.34. The zero-order valence-corrected chi connectivity index (χ0v) is 12.9. The van der Waals surface area contributed by atoms with Gasteiger partial charge in [0.25, 0.3) is 0 Å². The van der Waals surface area contributed by atoms with Gasteiger partial charge in [-0.25, -0.2) is 0 Å². The number of nitrogens with zero attached hydrogens (tertiary/aromatic N) is 1. The summed E-state index contributed by atoms with van der Waals surface area (Å²) < 4.78 is 4.78. The number of ether oxygens (including phenoxy) is 1. The molecule has 0 aliphatic carbocycles. The molecular weight excluding hydrogens is 286 g/mol. The number of thioether (sulfide) groups is 1. The Hall–Kier alpha value is -1.49. The van der Waals surface area contributed by atoms with Crippen LogP contribution in [0.1, 0.15) is 18.4 Å². The molecule has 3 rings (SSSR count). The van der Waals surface area contributed by atoms with E-state index in [1.165, 1.54) is 17.6 Å². The third-order valence-electron chi connectivity index (χ3n) is 4.26. The summed E-state index contributed by atoms with van der Waals surface area (Å²) in [6.07, 6.45) is 2.24. The van der Waals surface area contributed by atoms with Gasteiger partial charge >= 0.3 is 5.97 Å². The summed E-state index contributed by atoms with van der Waals surface area (Å²) in [7, 11) is 1.42. The van der Waals surface area contributed by atoms with E-state index in [9.17, 15) is 9.59 Å². The summed E-state index contributed by atoms with van der Waals surface area (Å²) in [5.41, 5.74) is 1.27. The highest BCUT2D eigenvalue weighted by Crippen LogP contribution is 2.38. The summed E-state index contributed by atoms with van der Waals surface area (Å²) in [5, 5.41) is -0.00271. The Morgan fingerprint density at radius 2 is 1.95 bits per heavy atom. The molecule has 1 amide bonds. The summed E-state index contributed by atoms with van der Waals surface area (Å²) in [6, 6.07) is 8.21. The maximum absolute atomic E-state index is 12.6. The van der Waals surface area contributed by atoms with Crippen molar-refractivity contribution in [1.82, 2.24) is 4.90 Å². The first kappa shape index (κ1) is 14.4. The maximum Gasteiger partial charge on any atom is 0.308 e. The van der Waals surface area contributed by atoms with Crippen LogP contribution in [0.15, 0.2) is 29.2 Å². The molecule has 1 aromatic rings. The third kappa shape index (κ3) is 2.93. The Morgan fingerprint density at radius 1 is 1.24 bits per heavy atom. The van der Waals surface area contributed by atoms with Crippen molar-refractivity contribution in [3.05, 3.63) is 29.8 Å². The van der Waals surface area contributed by atoms with E-state index in [4.69, 9.17) is 4.74 Å². The lowest BCUT2D eigenvalue weighted by Crippen LogP contribution is -2.44. The van der Waals surface area contributed by atoms with Gasteiger partial charge in [-0.2, -0.15) is 0 Å². The van der Waals surface area contributed by atoms with Crippen molar-refractivity contribution in [2.45, 2.75) is 29.4 Å². The smallest absolute Gasteiger partial charge is 0.308 e. The van der Waals surface area contributed by atoms with Crippen LogP contribution in [0.25, 0.3) is 0 Å². The van der Waals surface area contributed by atoms with Crippen molar-refractivity contribution in [3.8, 4) is 0 Å². The maximum atomic E-state index is 12.6. The highest BCUT2D eigenvalue weighted by molar-refractivity contribution is 8.01. The minimum Gasteiger partial charge on any atom is -0.469 e. The molecule has 2 heterocycles. The van der Waals surface area contributed by atoms with Gasteiger partial charge in [-0.3, -0.25) is 9.59 Å². The van der Waals surface area contributed by atoms with Crippen molar-refractivity contribution in [2.24, 2.45) is 5.92 Å². The van der Waals surface area contributed by atoms with Crippen molar-refractivity contribution < 1.29 is 14.3 Å². The van der Waals surface area contributed by atoms with Crippen molar-refractivity contribution in [3.63, 3.8) is 0 Å². The van der Waals surface area contributed by atoms with E-state index < -0.39 is 0 Å². The number of methoxy groups -OCH3 is 1. The second kappa shape index (κ2) is 6.10. The van der Waals surface area contributed by atoms with Crippen LogP contribution in [-0.4, -0.2) is 42.2 Å². The van der Waals surface area contributed by atoms with Gasteiger partial charge in [0.15, 0.2) is 0 Å². The van der Waals surface area contributed by atoms with E-state index >= 15 is 0 Å². The van der Waals surface area contributed by atoms with E-state index in [0.717, 1.165) is 6.42 Å². The standard InChI is InChI=1S/C16H19NO3S/c1-20-16(19)11-6-8-17(9-7-11)15(18)14-10-12-4-2-3-5-13(12)21-14/h2-5,11,14H,6-10H2,1H3/t14-/m1/s1. The predicted octanol–water partition coefficient (Wildman–Crippen LogP) is 2.11. The largest absolute Gasteiger partial charge is 0.469 e. The van der Waals surface area contributed by atoms with Gasteiger partial charge in [-0.1, -0.05) is 18.2 Å². The molecule has 21 heavy (non-hydrogen) atoms. The van der Waals surface area contributed by atoms with Gasteiger partial charge in [-0.05, 0) is 30.9 Å². The van der Waals surface area contributed by atoms with Gasteiger partial charge in [0.05, 0.1) is 18.3 Å². The molecule has 0 spiro atoms. The first-order valence-corrected chi connectivity index (χ1v) is 8.18. The van der Waals surface area contributed by atoms with Gasteiger partial charge in [0.1, 0.15) is 0 Å². The quantitative estimate of drug-likeness (QED) is 0.785. The van der Waals surface area contributed by atoms with Crippen LogP contribution >= 0.6 is 11.8 Å². The fraction of sp³-hybridized carbons (Fsp3) is 0.500. The minimum absolute atomic E-state index is 0.00271. The number of likely N-dealkylation sites (tertiary alicyclic amines) is 1. The number of piperidine rings is 1. The molecule has 2 aliphatic rings. The van der Waals surface area contributed by atoms with Crippen molar-refractivity contribution >= 4 is 23.6 Å². The molecule has 5 heteroatoms. The minimum atomic E-state index is -0.148. The van der Waals surface area contributed by atoms with E-state index in [1.54, 1.807) is 11.8 Å². The summed E-state index contributed by atoms with van der Waals surface area (Å²) >= 11 is 1.67. The molecule has 1 aromatic carbocycles. The molecule has 0 radical (unpaired) electrons. The zero-order valence-electron chi connectivity index (χ0n) is 12.1. The van der Waals surface area contributed by atoms with Crippen LogP contribution in [0.4, 0.5) is 0 Å². The van der Waals surface area contributed by atoms with E-state index in [0.29, 0.717) is 25.9 Å². The first-order valence-electron chi connectivity index (χ1n) is 7.30. The Morgan fingerprint density at radius 3 is 2.62 bits per heavy atom. The fourth-order valence-corrected chi connectivity index (χ4v) is 4.30. The number of hydrogen-bond acceptors (Lipinski definition) is 4. The number of fused-ring (bicyclic) bond motifs is 1. The lowest BCUT2D eigenvalue weighted by molar-refractivity contribution is -0.148. The van der Waals surface area contributed by atoms with Gasteiger partial charge in [0.2, 0.25) is 5.91 Å².